The zero-order valence-corrected chi connectivity index (χ0v) is 18.9. The monoisotopic (exact) mass is 381 g/mol. The van der Waals surface area contributed by atoms with Crippen LogP contribution in [-0.2, 0) is 0 Å². The minimum absolute atomic E-state index is 0.279. The summed E-state index contributed by atoms with van der Waals surface area (Å²) in [5.74, 6) is 2.27. The fourth-order valence-corrected chi connectivity index (χ4v) is 4.60. The third-order valence-corrected chi connectivity index (χ3v) is 6.22. The highest BCUT2D eigenvalue weighted by Gasteiger charge is 2.34. The Bertz CT molecular complexity index is 381. The van der Waals surface area contributed by atoms with Crippen LogP contribution in [0.5, 0.6) is 0 Å². The standard InChI is InChI=1S/C24H49N2O/c1-4-7-9-11-12-14-16-18-23(17-15-13-10-8-5-2)24-25(6-3)19-20-26(24)21-22-27/h23,27H,4-22H2,1-3H3/q+1/t23-/m0/s1. The van der Waals surface area contributed by atoms with Gasteiger partial charge in [-0.1, -0.05) is 90.9 Å². The van der Waals surface area contributed by atoms with Crippen molar-refractivity contribution in [2.24, 2.45) is 5.92 Å². The summed E-state index contributed by atoms with van der Waals surface area (Å²) in [5.41, 5.74) is 0. The van der Waals surface area contributed by atoms with Crippen molar-refractivity contribution in [3.63, 3.8) is 0 Å². The van der Waals surface area contributed by atoms with E-state index in [-0.39, 0.29) is 6.61 Å². The summed E-state index contributed by atoms with van der Waals surface area (Å²) in [6, 6.07) is 0. The molecule has 0 bridgehead atoms. The van der Waals surface area contributed by atoms with E-state index in [0.717, 1.165) is 26.2 Å². The maximum Gasteiger partial charge on any atom is 0.250 e. The number of rotatable bonds is 18. The zero-order chi connectivity index (χ0) is 19.7. The second-order valence-corrected chi connectivity index (χ2v) is 8.46. The van der Waals surface area contributed by atoms with E-state index in [1.54, 1.807) is 5.84 Å². The lowest BCUT2D eigenvalue weighted by atomic mass is 9.92. The van der Waals surface area contributed by atoms with Crippen molar-refractivity contribution >= 4 is 5.84 Å². The largest absolute Gasteiger partial charge is 0.392 e. The number of likely N-dealkylation sites (N-methyl/N-ethyl adjacent to an activating group) is 1. The summed E-state index contributed by atoms with van der Waals surface area (Å²) in [6.07, 6.45) is 19.3. The first-order valence-electron chi connectivity index (χ1n) is 12.3. The van der Waals surface area contributed by atoms with Gasteiger partial charge in [-0.3, -0.25) is 9.48 Å². The van der Waals surface area contributed by atoms with Gasteiger partial charge < -0.3 is 5.11 Å². The van der Waals surface area contributed by atoms with Crippen LogP contribution in [0.2, 0.25) is 0 Å². The SMILES string of the molecule is CCCCCCCCC[C@H](CCCCCCC)C1=[N+](CCO)CCN1CC. The van der Waals surface area contributed by atoms with E-state index >= 15 is 0 Å². The smallest absolute Gasteiger partial charge is 0.250 e. The molecule has 1 heterocycles. The van der Waals surface area contributed by atoms with Crippen molar-refractivity contribution in [1.82, 2.24) is 4.90 Å². The Balaban J connectivity index is 2.56. The molecule has 1 aliphatic heterocycles. The van der Waals surface area contributed by atoms with Crippen LogP contribution in [0.1, 0.15) is 111 Å². The Kier molecular flexibility index (Phi) is 14.9. The highest BCUT2D eigenvalue weighted by molar-refractivity contribution is 5.81. The minimum Gasteiger partial charge on any atom is -0.392 e. The normalized spacial score (nSPS) is 15.8. The van der Waals surface area contributed by atoms with E-state index in [1.807, 2.05) is 0 Å². The van der Waals surface area contributed by atoms with Crippen molar-refractivity contribution in [1.29, 1.82) is 0 Å². The van der Waals surface area contributed by atoms with Gasteiger partial charge in [-0.05, 0) is 19.8 Å². The molecule has 3 nitrogen and oxygen atoms in total. The van der Waals surface area contributed by atoms with Gasteiger partial charge in [-0.2, -0.15) is 0 Å². The second kappa shape index (κ2) is 16.4. The first kappa shape index (κ1) is 24.5. The molecule has 0 aromatic carbocycles. The fourth-order valence-electron chi connectivity index (χ4n) is 4.60. The Morgan fingerprint density at radius 1 is 0.815 bits per heavy atom. The summed E-state index contributed by atoms with van der Waals surface area (Å²) in [7, 11) is 0. The van der Waals surface area contributed by atoms with Gasteiger partial charge >= 0.3 is 0 Å². The molecule has 0 spiro atoms. The maximum atomic E-state index is 9.50. The lowest BCUT2D eigenvalue weighted by Crippen LogP contribution is -2.36. The molecule has 1 aliphatic rings. The highest BCUT2D eigenvalue weighted by atomic mass is 16.3. The highest BCUT2D eigenvalue weighted by Crippen LogP contribution is 2.24. The minimum atomic E-state index is 0.279. The molecule has 1 atom stereocenters. The van der Waals surface area contributed by atoms with Gasteiger partial charge in [-0.25, -0.2) is 0 Å². The number of hydrogen-bond donors (Lipinski definition) is 1. The van der Waals surface area contributed by atoms with Crippen LogP contribution in [-0.4, -0.2) is 53.2 Å². The molecule has 160 valence electrons. The van der Waals surface area contributed by atoms with E-state index in [1.165, 1.54) is 89.9 Å². The number of β-amino-alcohol motifs (C(OH)–C–C–N with tert-alkyl or cyclic N) is 1. The summed E-state index contributed by atoms with van der Waals surface area (Å²) in [4.78, 5) is 2.59. The molecule has 1 rings (SSSR count). The summed E-state index contributed by atoms with van der Waals surface area (Å²) in [5, 5.41) is 9.50. The maximum absolute atomic E-state index is 9.50. The molecule has 0 amide bonds. The van der Waals surface area contributed by atoms with E-state index < -0.39 is 0 Å². The Morgan fingerprint density at radius 3 is 1.81 bits per heavy atom. The van der Waals surface area contributed by atoms with Crippen LogP contribution in [0.3, 0.4) is 0 Å². The molecule has 0 saturated heterocycles. The van der Waals surface area contributed by atoms with E-state index in [0.29, 0.717) is 5.92 Å². The molecule has 0 unspecified atom stereocenters. The van der Waals surface area contributed by atoms with Gasteiger partial charge in [0.25, 0.3) is 0 Å². The molecular formula is C24H49N2O+. The topological polar surface area (TPSA) is 26.5 Å². The molecule has 0 aromatic rings. The quantitative estimate of drug-likeness (QED) is 0.238. The fraction of sp³-hybridized carbons (Fsp3) is 0.958. The number of aliphatic hydroxyl groups excluding tert-OH is 1. The average Bonchev–Trinajstić information content (AvgIpc) is 3.08. The molecule has 0 fully saturated rings. The van der Waals surface area contributed by atoms with Gasteiger partial charge in [0.1, 0.15) is 19.6 Å². The first-order valence-corrected chi connectivity index (χ1v) is 12.3. The van der Waals surface area contributed by atoms with Crippen LogP contribution in [0, 0.1) is 5.92 Å². The van der Waals surface area contributed by atoms with Crippen molar-refractivity contribution in [3.05, 3.63) is 0 Å². The first-order chi connectivity index (χ1) is 13.3. The van der Waals surface area contributed by atoms with Crippen LogP contribution < -0.4 is 0 Å². The Labute approximate surface area is 170 Å². The van der Waals surface area contributed by atoms with Gasteiger partial charge in [0.15, 0.2) is 0 Å². The Hall–Kier alpha value is -0.570. The number of hydrogen-bond acceptors (Lipinski definition) is 2. The lowest BCUT2D eigenvalue weighted by Gasteiger charge is -2.21. The van der Waals surface area contributed by atoms with Crippen LogP contribution in [0.4, 0.5) is 0 Å². The number of amidine groups is 1. The summed E-state index contributed by atoms with van der Waals surface area (Å²) in [6.45, 7) is 11.3. The van der Waals surface area contributed by atoms with Crippen LogP contribution in [0.25, 0.3) is 0 Å². The van der Waals surface area contributed by atoms with Crippen LogP contribution in [0.15, 0.2) is 0 Å². The second-order valence-electron chi connectivity index (χ2n) is 8.46. The summed E-state index contributed by atoms with van der Waals surface area (Å²) >= 11 is 0. The molecule has 3 heteroatoms. The van der Waals surface area contributed by atoms with Crippen molar-refractivity contribution < 1.29 is 9.68 Å². The third-order valence-electron chi connectivity index (χ3n) is 6.22. The Morgan fingerprint density at radius 2 is 1.33 bits per heavy atom. The number of unbranched alkanes of at least 4 members (excludes halogenated alkanes) is 10. The molecule has 1 N–H and O–H groups in total. The molecule has 27 heavy (non-hydrogen) atoms. The van der Waals surface area contributed by atoms with Crippen molar-refractivity contribution in [2.45, 2.75) is 111 Å². The summed E-state index contributed by atoms with van der Waals surface area (Å²) < 4.78 is 2.49. The molecule has 0 aromatic heterocycles. The zero-order valence-electron chi connectivity index (χ0n) is 18.9. The van der Waals surface area contributed by atoms with E-state index in [4.69, 9.17) is 0 Å². The molecule has 0 radical (unpaired) electrons. The lowest BCUT2D eigenvalue weighted by molar-refractivity contribution is -0.522. The van der Waals surface area contributed by atoms with Gasteiger partial charge in [-0.15, -0.1) is 0 Å². The van der Waals surface area contributed by atoms with E-state index in [9.17, 15) is 5.11 Å². The van der Waals surface area contributed by atoms with Crippen molar-refractivity contribution in [3.8, 4) is 0 Å². The van der Waals surface area contributed by atoms with Gasteiger partial charge in [0.2, 0.25) is 5.84 Å². The molecule has 0 saturated carbocycles. The van der Waals surface area contributed by atoms with Gasteiger partial charge in [0, 0.05) is 0 Å². The number of aliphatic hydroxyl groups is 1. The predicted molar refractivity (Wildman–Crippen MR) is 119 cm³/mol. The predicted octanol–water partition coefficient (Wildman–Crippen LogP) is 5.84. The third kappa shape index (κ3) is 9.96. The molecule has 0 aliphatic carbocycles. The van der Waals surface area contributed by atoms with Crippen LogP contribution >= 0.6 is 0 Å². The van der Waals surface area contributed by atoms with Crippen molar-refractivity contribution in [2.75, 3.05) is 32.8 Å². The molecular weight excluding hydrogens is 332 g/mol. The van der Waals surface area contributed by atoms with Gasteiger partial charge in [0.05, 0.1) is 19.1 Å². The average molecular weight is 382 g/mol. The van der Waals surface area contributed by atoms with E-state index in [2.05, 4.69) is 30.2 Å². The number of nitrogens with zero attached hydrogens (tertiary/aromatic N) is 2.